The second kappa shape index (κ2) is 11.0. The average Bonchev–Trinajstić information content (AvgIpc) is 2.88. The van der Waals surface area contributed by atoms with Crippen LogP contribution in [0.1, 0.15) is 44.9 Å². The quantitative estimate of drug-likeness (QED) is 0.395. The van der Waals surface area contributed by atoms with Gasteiger partial charge in [-0.3, -0.25) is 0 Å². The van der Waals surface area contributed by atoms with Crippen molar-refractivity contribution in [2.45, 2.75) is 40.2 Å². The Kier molecular flexibility index (Phi) is 8.28. The summed E-state index contributed by atoms with van der Waals surface area (Å²) in [5, 5.41) is 11.5. The summed E-state index contributed by atoms with van der Waals surface area (Å²) in [6.07, 6.45) is 1.64. The summed E-state index contributed by atoms with van der Waals surface area (Å²) in [5.74, 6) is 1.18. The smallest absolute Gasteiger partial charge is 0.333 e. The molecule has 3 rings (SSSR count). The van der Waals surface area contributed by atoms with Crippen LogP contribution in [0.2, 0.25) is 0 Å². The number of rotatable bonds is 7. The topological polar surface area (TPSA) is 92.7 Å². The molecule has 0 bridgehead atoms. The SMILES string of the molecule is C/C=C(/C)C(=O)O[C@H]1c2cc(OC)c(OC)c(OC)c2-c2c(cc(OC)c(OC)c2O)C[C@@H](C)[C@H]1C. The zero-order valence-corrected chi connectivity index (χ0v) is 22.5. The second-order valence-electron chi connectivity index (χ2n) is 8.94. The van der Waals surface area contributed by atoms with Crippen LogP contribution in [0.4, 0.5) is 0 Å². The molecule has 1 N–H and O–H groups in total. The summed E-state index contributed by atoms with van der Waals surface area (Å²) in [7, 11) is 7.56. The Morgan fingerprint density at radius 1 is 0.889 bits per heavy atom. The zero-order chi connectivity index (χ0) is 26.7. The van der Waals surface area contributed by atoms with E-state index in [-0.39, 0.29) is 23.3 Å². The van der Waals surface area contributed by atoms with Crippen molar-refractivity contribution >= 4 is 5.97 Å². The Bertz CT molecular complexity index is 1170. The Morgan fingerprint density at radius 3 is 2.00 bits per heavy atom. The molecule has 0 aliphatic heterocycles. The minimum atomic E-state index is -0.660. The molecular weight excluding hydrogens is 464 g/mol. The summed E-state index contributed by atoms with van der Waals surface area (Å²) in [5.41, 5.74) is 3.01. The monoisotopic (exact) mass is 500 g/mol. The highest BCUT2D eigenvalue weighted by molar-refractivity contribution is 5.90. The highest BCUT2D eigenvalue weighted by Crippen LogP contribution is 2.57. The molecule has 0 saturated heterocycles. The van der Waals surface area contributed by atoms with Gasteiger partial charge in [-0.1, -0.05) is 19.9 Å². The van der Waals surface area contributed by atoms with Crippen molar-refractivity contribution in [2.75, 3.05) is 35.5 Å². The predicted molar refractivity (Wildman–Crippen MR) is 137 cm³/mol. The summed E-state index contributed by atoms with van der Waals surface area (Å²) >= 11 is 0. The molecule has 36 heavy (non-hydrogen) atoms. The lowest BCUT2D eigenvalue weighted by Gasteiger charge is -2.35. The van der Waals surface area contributed by atoms with E-state index in [9.17, 15) is 9.90 Å². The maximum Gasteiger partial charge on any atom is 0.333 e. The molecule has 0 amide bonds. The van der Waals surface area contributed by atoms with Crippen LogP contribution in [0.25, 0.3) is 11.1 Å². The fourth-order valence-corrected chi connectivity index (χ4v) is 4.74. The predicted octanol–water partition coefficient (Wildman–Crippen LogP) is 5.48. The molecule has 3 atom stereocenters. The highest BCUT2D eigenvalue weighted by Gasteiger charge is 2.39. The van der Waals surface area contributed by atoms with Gasteiger partial charge in [0.1, 0.15) is 6.10 Å². The molecule has 0 radical (unpaired) electrons. The number of carbonyl (C=O) groups is 1. The molecule has 0 saturated carbocycles. The lowest BCUT2D eigenvalue weighted by Crippen LogP contribution is -2.27. The lowest BCUT2D eigenvalue weighted by atomic mass is 9.75. The summed E-state index contributed by atoms with van der Waals surface area (Å²) in [6.45, 7) is 7.65. The number of hydrogen-bond acceptors (Lipinski definition) is 8. The molecule has 196 valence electrons. The van der Waals surface area contributed by atoms with Crippen molar-refractivity contribution in [1.29, 1.82) is 0 Å². The van der Waals surface area contributed by atoms with Gasteiger partial charge in [-0.05, 0) is 43.9 Å². The van der Waals surface area contributed by atoms with Crippen molar-refractivity contribution in [3.8, 4) is 45.6 Å². The van der Waals surface area contributed by atoms with Gasteiger partial charge in [-0.15, -0.1) is 0 Å². The average molecular weight is 501 g/mol. The van der Waals surface area contributed by atoms with Gasteiger partial charge in [-0.2, -0.15) is 0 Å². The molecule has 0 heterocycles. The number of allylic oxidation sites excluding steroid dienone is 1. The maximum absolute atomic E-state index is 13.0. The minimum Gasteiger partial charge on any atom is -0.504 e. The molecule has 1 aliphatic carbocycles. The van der Waals surface area contributed by atoms with Crippen LogP contribution < -0.4 is 23.7 Å². The van der Waals surface area contributed by atoms with Gasteiger partial charge >= 0.3 is 5.97 Å². The summed E-state index contributed by atoms with van der Waals surface area (Å²) in [4.78, 5) is 13.0. The lowest BCUT2D eigenvalue weighted by molar-refractivity contribution is -0.148. The number of fused-ring (bicyclic) bond motifs is 3. The Labute approximate surface area is 212 Å². The molecule has 0 fully saturated rings. The number of esters is 1. The van der Waals surface area contributed by atoms with Crippen LogP contribution in [0.5, 0.6) is 34.5 Å². The van der Waals surface area contributed by atoms with Crippen LogP contribution in [0.3, 0.4) is 0 Å². The molecular formula is C28H36O8. The fraction of sp³-hybridized carbons (Fsp3) is 0.464. The third kappa shape index (κ3) is 4.52. The number of methoxy groups -OCH3 is 5. The molecule has 2 aromatic carbocycles. The van der Waals surface area contributed by atoms with Gasteiger partial charge in [0.25, 0.3) is 0 Å². The number of aromatic hydroxyl groups is 1. The zero-order valence-electron chi connectivity index (χ0n) is 22.5. The fourth-order valence-electron chi connectivity index (χ4n) is 4.74. The van der Waals surface area contributed by atoms with E-state index in [4.69, 9.17) is 28.4 Å². The Morgan fingerprint density at radius 2 is 1.47 bits per heavy atom. The first-order valence-electron chi connectivity index (χ1n) is 11.8. The Balaban J connectivity index is 2.51. The van der Waals surface area contributed by atoms with Gasteiger partial charge in [0.15, 0.2) is 23.0 Å². The van der Waals surface area contributed by atoms with Crippen LogP contribution in [0.15, 0.2) is 23.8 Å². The van der Waals surface area contributed by atoms with E-state index in [1.54, 1.807) is 26.0 Å². The standard InChI is InChI=1S/C28H36O8/c1-10-14(2)28(30)36-24-16(4)15(3)11-17-12-19(31-5)25(33-7)23(29)21(17)22-18(24)13-20(32-6)26(34-8)27(22)35-9/h10,12-13,15-16,24,29H,11H2,1-9H3/b14-10-/t15-,16-,24-/m1/s1. The van der Waals surface area contributed by atoms with E-state index in [0.717, 1.165) is 5.56 Å². The van der Waals surface area contributed by atoms with Crippen LogP contribution in [-0.2, 0) is 16.0 Å². The van der Waals surface area contributed by atoms with E-state index in [0.29, 0.717) is 51.7 Å². The van der Waals surface area contributed by atoms with Crippen molar-refractivity contribution in [1.82, 2.24) is 0 Å². The van der Waals surface area contributed by atoms with E-state index in [2.05, 4.69) is 6.92 Å². The van der Waals surface area contributed by atoms with Gasteiger partial charge in [0, 0.05) is 28.2 Å². The number of phenolic OH excluding ortho intramolecular Hbond substituents is 1. The first-order valence-corrected chi connectivity index (χ1v) is 11.8. The highest BCUT2D eigenvalue weighted by atomic mass is 16.5. The van der Waals surface area contributed by atoms with Crippen molar-refractivity contribution in [3.63, 3.8) is 0 Å². The summed E-state index contributed by atoms with van der Waals surface area (Å²) < 4.78 is 34.3. The Hall–Kier alpha value is -3.55. The number of phenols is 1. The van der Waals surface area contributed by atoms with Crippen LogP contribution in [0, 0.1) is 11.8 Å². The van der Waals surface area contributed by atoms with Gasteiger partial charge in [-0.25, -0.2) is 4.79 Å². The molecule has 0 aromatic heterocycles. The first-order chi connectivity index (χ1) is 17.2. The van der Waals surface area contributed by atoms with Gasteiger partial charge in [0.2, 0.25) is 11.5 Å². The minimum absolute atomic E-state index is 0.0669. The van der Waals surface area contributed by atoms with Crippen LogP contribution >= 0.6 is 0 Å². The van der Waals surface area contributed by atoms with E-state index < -0.39 is 12.1 Å². The first kappa shape index (κ1) is 27.0. The van der Waals surface area contributed by atoms with Crippen molar-refractivity contribution in [3.05, 3.63) is 34.9 Å². The molecule has 0 unspecified atom stereocenters. The number of ether oxygens (including phenoxy) is 6. The third-order valence-electron chi connectivity index (χ3n) is 7.05. The number of hydrogen-bond donors (Lipinski definition) is 1. The van der Waals surface area contributed by atoms with E-state index in [1.807, 2.05) is 13.0 Å². The molecule has 1 aliphatic rings. The van der Waals surface area contributed by atoms with E-state index >= 15 is 0 Å². The maximum atomic E-state index is 13.0. The van der Waals surface area contributed by atoms with Crippen molar-refractivity contribution < 1.29 is 38.3 Å². The summed E-state index contributed by atoms with van der Waals surface area (Å²) in [6, 6.07) is 3.65. The van der Waals surface area contributed by atoms with Gasteiger partial charge in [0.05, 0.1) is 35.5 Å². The number of benzene rings is 2. The molecule has 8 heteroatoms. The van der Waals surface area contributed by atoms with Crippen LogP contribution in [-0.4, -0.2) is 46.6 Å². The molecule has 2 aromatic rings. The second-order valence-corrected chi connectivity index (χ2v) is 8.94. The third-order valence-corrected chi connectivity index (χ3v) is 7.05. The van der Waals surface area contributed by atoms with E-state index in [1.165, 1.54) is 35.5 Å². The largest absolute Gasteiger partial charge is 0.504 e. The normalized spacial score (nSPS) is 19.2. The van der Waals surface area contributed by atoms with Gasteiger partial charge < -0.3 is 33.5 Å². The number of carbonyl (C=O) groups excluding carboxylic acids is 1. The molecule has 0 spiro atoms. The molecule has 8 nitrogen and oxygen atoms in total. The van der Waals surface area contributed by atoms with Crippen molar-refractivity contribution in [2.24, 2.45) is 11.8 Å².